The fourth-order valence-electron chi connectivity index (χ4n) is 2.48. The van der Waals surface area contributed by atoms with E-state index in [1.807, 2.05) is 24.0 Å². The lowest BCUT2D eigenvalue weighted by Crippen LogP contribution is -2.26. The molecule has 0 unspecified atom stereocenters. The molecule has 0 fully saturated rings. The van der Waals surface area contributed by atoms with Crippen LogP contribution in [0.1, 0.15) is 45.1 Å². The number of nitrogens with one attached hydrogen (secondary N) is 3. The zero-order valence-electron chi connectivity index (χ0n) is 17.6. The summed E-state index contributed by atoms with van der Waals surface area (Å²) in [5.41, 5.74) is 1.75. The Bertz CT molecular complexity index is 988. The van der Waals surface area contributed by atoms with Crippen molar-refractivity contribution in [1.29, 1.82) is 0 Å². The number of aromatic nitrogens is 3. The predicted molar refractivity (Wildman–Crippen MR) is 119 cm³/mol. The molecule has 0 aliphatic carbocycles. The minimum absolute atomic E-state index is 0.00892. The van der Waals surface area contributed by atoms with Gasteiger partial charge in [-0.3, -0.25) is 14.6 Å². The lowest BCUT2D eigenvalue weighted by Gasteiger charge is -2.12. The SMILES string of the molecule is CCCCCCOc1ccc(/C=N/NC(=O)CSc2n[nH]c(=O)[nH]c2=O)cc1OCC. The molecular formula is C20H27N5O5S. The Morgan fingerprint density at radius 1 is 1.19 bits per heavy atom. The van der Waals surface area contributed by atoms with Gasteiger partial charge in [0.15, 0.2) is 16.5 Å². The number of rotatable bonds is 13. The quantitative estimate of drug-likeness (QED) is 0.184. The molecule has 0 bridgehead atoms. The second-order valence-electron chi connectivity index (χ2n) is 6.44. The molecule has 3 N–H and O–H groups in total. The van der Waals surface area contributed by atoms with E-state index < -0.39 is 17.2 Å². The van der Waals surface area contributed by atoms with Crippen molar-refractivity contribution in [2.24, 2.45) is 5.10 Å². The highest BCUT2D eigenvalue weighted by molar-refractivity contribution is 7.99. The summed E-state index contributed by atoms with van der Waals surface area (Å²) < 4.78 is 11.5. The first-order valence-electron chi connectivity index (χ1n) is 10.1. The van der Waals surface area contributed by atoms with Crippen molar-refractivity contribution in [1.82, 2.24) is 20.6 Å². The largest absolute Gasteiger partial charge is 0.490 e. The molecule has 10 nitrogen and oxygen atoms in total. The van der Waals surface area contributed by atoms with Crippen molar-refractivity contribution in [2.45, 2.75) is 44.6 Å². The van der Waals surface area contributed by atoms with E-state index in [1.165, 1.54) is 19.1 Å². The zero-order chi connectivity index (χ0) is 22.5. The molecule has 2 rings (SSSR count). The third kappa shape index (κ3) is 8.67. The maximum Gasteiger partial charge on any atom is 0.342 e. The summed E-state index contributed by atoms with van der Waals surface area (Å²) in [6.45, 7) is 5.19. The third-order valence-electron chi connectivity index (χ3n) is 3.95. The summed E-state index contributed by atoms with van der Waals surface area (Å²) in [5.74, 6) is 0.779. The average Bonchev–Trinajstić information content (AvgIpc) is 2.74. The van der Waals surface area contributed by atoms with Crippen molar-refractivity contribution >= 4 is 23.9 Å². The Labute approximate surface area is 183 Å². The lowest BCUT2D eigenvalue weighted by atomic mass is 10.2. The van der Waals surface area contributed by atoms with E-state index in [0.29, 0.717) is 24.7 Å². The molecule has 1 aromatic carbocycles. The first kappa shape index (κ1) is 24.2. The van der Waals surface area contributed by atoms with Gasteiger partial charge in [0.1, 0.15) is 0 Å². The smallest absolute Gasteiger partial charge is 0.342 e. The first-order valence-corrected chi connectivity index (χ1v) is 11.0. The summed E-state index contributed by atoms with van der Waals surface area (Å²) >= 11 is 0.886. The van der Waals surface area contributed by atoms with E-state index >= 15 is 0 Å². The van der Waals surface area contributed by atoms with Crippen molar-refractivity contribution in [3.05, 3.63) is 44.6 Å². The van der Waals surface area contributed by atoms with Crippen molar-refractivity contribution in [3.8, 4) is 11.5 Å². The minimum Gasteiger partial charge on any atom is -0.490 e. The van der Waals surface area contributed by atoms with Crippen LogP contribution in [-0.4, -0.2) is 46.3 Å². The van der Waals surface area contributed by atoms with Gasteiger partial charge in [0, 0.05) is 0 Å². The number of H-pyrrole nitrogens is 2. The van der Waals surface area contributed by atoms with Crippen molar-refractivity contribution in [3.63, 3.8) is 0 Å². The van der Waals surface area contributed by atoms with Gasteiger partial charge in [-0.25, -0.2) is 15.3 Å². The Morgan fingerprint density at radius 3 is 2.77 bits per heavy atom. The number of thioether (sulfide) groups is 1. The van der Waals surface area contributed by atoms with E-state index in [0.717, 1.165) is 30.2 Å². The number of carbonyl (C=O) groups is 1. The van der Waals surface area contributed by atoms with Crippen LogP contribution in [0.3, 0.4) is 0 Å². The fourth-order valence-corrected chi connectivity index (χ4v) is 3.11. The molecule has 1 heterocycles. The summed E-state index contributed by atoms with van der Waals surface area (Å²) in [6, 6.07) is 5.43. The van der Waals surface area contributed by atoms with E-state index in [1.54, 1.807) is 6.07 Å². The minimum atomic E-state index is -0.706. The molecule has 0 saturated heterocycles. The summed E-state index contributed by atoms with van der Waals surface area (Å²) in [5, 5.41) is 9.60. The Balaban J connectivity index is 1.87. The average molecular weight is 450 g/mol. The van der Waals surface area contributed by atoms with Crippen LogP contribution in [0, 0.1) is 0 Å². The van der Waals surface area contributed by atoms with Gasteiger partial charge in [0.25, 0.3) is 5.56 Å². The van der Waals surface area contributed by atoms with Crippen LogP contribution in [0.15, 0.2) is 37.9 Å². The normalized spacial score (nSPS) is 10.9. The molecular weight excluding hydrogens is 422 g/mol. The maximum absolute atomic E-state index is 11.9. The molecule has 1 aromatic heterocycles. The highest BCUT2D eigenvalue weighted by Crippen LogP contribution is 2.28. The second-order valence-corrected chi connectivity index (χ2v) is 7.41. The maximum atomic E-state index is 11.9. The van der Waals surface area contributed by atoms with Crippen LogP contribution < -0.4 is 26.1 Å². The lowest BCUT2D eigenvalue weighted by molar-refractivity contribution is -0.118. The van der Waals surface area contributed by atoms with Gasteiger partial charge in [-0.15, -0.1) is 0 Å². The number of hydrogen-bond donors (Lipinski definition) is 3. The molecule has 0 saturated carbocycles. The third-order valence-corrected chi connectivity index (χ3v) is 4.90. The highest BCUT2D eigenvalue weighted by Gasteiger charge is 2.08. The van der Waals surface area contributed by atoms with Crippen molar-refractivity contribution < 1.29 is 14.3 Å². The van der Waals surface area contributed by atoms with Gasteiger partial charge in [0.05, 0.1) is 25.2 Å². The summed E-state index contributed by atoms with van der Waals surface area (Å²) in [4.78, 5) is 36.4. The molecule has 0 aliphatic heterocycles. The number of carbonyl (C=O) groups excluding carboxylic acids is 1. The standard InChI is InChI=1S/C20H27N5O5S/c1-3-5-6-7-10-30-15-9-8-14(11-16(15)29-4-2)12-21-23-17(26)13-31-19-18(27)22-20(28)25-24-19/h8-9,11-12H,3-7,10,13H2,1-2H3,(H,23,26)(H2,22,25,27,28)/b21-12+. The zero-order valence-corrected chi connectivity index (χ0v) is 18.4. The molecule has 11 heteroatoms. The molecule has 0 radical (unpaired) electrons. The van der Waals surface area contributed by atoms with Gasteiger partial charge >= 0.3 is 5.69 Å². The van der Waals surface area contributed by atoms with Gasteiger partial charge < -0.3 is 9.47 Å². The van der Waals surface area contributed by atoms with Gasteiger partial charge in [-0.05, 0) is 37.1 Å². The number of amides is 1. The number of unbranched alkanes of at least 4 members (excludes halogenated alkanes) is 3. The molecule has 168 valence electrons. The molecule has 1 amide bonds. The number of ether oxygens (including phenoxy) is 2. The number of benzene rings is 1. The van der Waals surface area contributed by atoms with Crippen molar-refractivity contribution in [2.75, 3.05) is 19.0 Å². The number of hydrogen-bond acceptors (Lipinski definition) is 8. The molecule has 31 heavy (non-hydrogen) atoms. The van der Waals surface area contributed by atoms with E-state index in [9.17, 15) is 14.4 Å². The van der Waals surface area contributed by atoms with Crippen LogP contribution in [0.4, 0.5) is 0 Å². The number of hydrazone groups is 1. The Morgan fingerprint density at radius 2 is 2.03 bits per heavy atom. The highest BCUT2D eigenvalue weighted by atomic mass is 32.2. The predicted octanol–water partition coefficient (Wildman–Crippen LogP) is 2.06. The molecule has 0 aliphatic rings. The molecule has 0 atom stereocenters. The van der Waals surface area contributed by atoms with Crippen LogP contribution in [0.25, 0.3) is 0 Å². The first-order chi connectivity index (χ1) is 15.0. The van der Waals surface area contributed by atoms with Gasteiger partial charge in [-0.2, -0.15) is 10.2 Å². The number of aromatic amines is 2. The van der Waals surface area contributed by atoms with Crippen LogP contribution in [0.5, 0.6) is 11.5 Å². The number of nitrogens with zero attached hydrogens (tertiary/aromatic N) is 2. The van der Waals surface area contributed by atoms with E-state index in [4.69, 9.17) is 9.47 Å². The van der Waals surface area contributed by atoms with Crippen LogP contribution >= 0.6 is 11.8 Å². The van der Waals surface area contributed by atoms with Gasteiger partial charge in [-0.1, -0.05) is 37.9 Å². The van der Waals surface area contributed by atoms with E-state index in [2.05, 4.69) is 27.6 Å². The Hall–Kier alpha value is -3.08. The van der Waals surface area contributed by atoms with Crippen LogP contribution in [0.2, 0.25) is 0 Å². The topological polar surface area (TPSA) is 139 Å². The fraction of sp³-hybridized carbons (Fsp3) is 0.450. The molecule has 2 aromatic rings. The molecule has 0 spiro atoms. The Kier molecular flexibility index (Phi) is 10.4. The summed E-state index contributed by atoms with van der Waals surface area (Å²) in [6.07, 6.45) is 5.99. The van der Waals surface area contributed by atoms with E-state index in [-0.39, 0.29) is 10.8 Å². The second kappa shape index (κ2) is 13.3. The summed E-state index contributed by atoms with van der Waals surface area (Å²) in [7, 11) is 0. The van der Waals surface area contributed by atoms with Crippen LogP contribution in [-0.2, 0) is 4.79 Å². The monoisotopic (exact) mass is 449 g/mol. The van der Waals surface area contributed by atoms with Gasteiger partial charge in [0.2, 0.25) is 5.91 Å².